The largest absolute Gasteiger partial charge is 0.495 e. The smallest absolute Gasteiger partial charge is 0.166 e. The zero-order chi connectivity index (χ0) is 14.8. The molecule has 0 saturated heterocycles. The molecule has 0 spiro atoms. The molecular formula is C16H16ClNO3. The Bertz CT molecular complexity index is 660. The van der Waals surface area contributed by atoms with E-state index >= 15 is 0 Å². The topological polar surface area (TPSA) is 53.7 Å². The zero-order valence-electron chi connectivity index (χ0n) is 11.6. The highest BCUT2D eigenvalue weighted by atomic mass is 35.5. The van der Waals surface area contributed by atoms with E-state index in [1.54, 1.807) is 13.2 Å². The number of nitrogens with two attached hydrogens (primary N) is 1. The first-order valence-corrected chi connectivity index (χ1v) is 7.06. The maximum atomic E-state index is 6.38. The standard InChI is InChI=1S/C16H16ClNO3/c1-19-14-9-10(5-6-12(14)17)15(18)11-3-2-4-13-16(11)21-8-7-20-13/h2-6,9,15H,7-8,18H2,1H3. The monoisotopic (exact) mass is 305 g/mol. The minimum atomic E-state index is -0.340. The van der Waals surface area contributed by atoms with E-state index in [0.717, 1.165) is 16.9 Å². The number of hydrogen-bond acceptors (Lipinski definition) is 4. The molecule has 21 heavy (non-hydrogen) atoms. The summed E-state index contributed by atoms with van der Waals surface area (Å²) in [6, 6.07) is 10.9. The number of fused-ring (bicyclic) bond motifs is 1. The van der Waals surface area contributed by atoms with E-state index in [1.807, 2.05) is 30.3 Å². The maximum Gasteiger partial charge on any atom is 0.166 e. The molecular weight excluding hydrogens is 290 g/mol. The highest BCUT2D eigenvalue weighted by Gasteiger charge is 2.21. The normalized spacial score (nSPS) is 14.6. The molecule has 0 fully saturated rings. The Morgan fingerprint density at radius 3 is 2.81 bits per heavy atom. The number of methoxy groups -OCH3 is 1. The van der Waals surface area contributed by atoms with Gasteiger partial charge in [-0.3, -0.25) is 0 Å². The lowest BCUT2D eigenvalue weighted by Crippen LogP contribution is -2.20. The van der Waals surface area contributed by atoms with Crippen molar-refractivity contribution in [1.82, 2.24) is 0 Å². The summed E-state index contributed by atoms with van der Waals surface area (Å²) >= 11 is 6.05. The van der Waals surface area contributed by atoms with Crippen molar-refractivity contribution >= 4 is 11.6 Å². The van der Waals surface area contributed by atoms with Gasteiger partial charge in [-0.05, 0) is 23.8 Å². The van der Waals surface area contributed by atoms with Crippen LogP contribution in [0.25, 0.3) is 0 Å². The van der Waals surface area contributed by atoms with Gasteiger partial charge in [-0.15, -0.1) is 0 Å². The molecule has 4 nitrogen and oxygen atoms in total. The number of rotatable bonds is 3. The molecule has 5 heteroatoms. The van der Waals surface area contributed by atoms with Crippen LogP contribution in [0.3, 0.4) is 0 Å². The number of hydrogen-bond donors (Lipinski definition) is 1. The first-order chi connectivity index (χ1) is 10.2. The average Bonchev–Trinajstić information content (AvgIpc) is 2.54. The van der Waals surface area contributed by atoms with Crippen LogP contribution in [0.2, 0.25) is 5.02 Å². The van der Waals surface area contributed by atoms with Gasteiger partial charge in [0, 0.05) is 5.56 Å². The fourth-order valence-electron chi connectivity index (χ4n) is 2.39. The highest BCUT2D eigenvalue weighted by molar-refractivity contribution is 6.32. The Morgan fingerprint density at radius 1 is 1.19 bits per heavy atom. The Balaban J connectivity index is 2.00. The number of para-hydroxylation sites is 1. The molecule has 0 radical (unpaired) electrons. The van der Waals surface area contributed by atoms with Crippen LogP contribution in [0.15, 0.2) is 36.4 Å². The van der Waals surface area contributed by atoms with Crippen molar-refractivity contribution in [2.24, 2.45) is 5.73 Å². The lowest BCUT2D eigenvalue weighted by Gasteiger charge is -2.24. The molecule has 0 aliphatic carbocycles. The molecule has 3 rings (SSSR count). The minimum Gasteiger partial charge on any atom is -0.495 e. The predicted octanol–water partition coefficient (Wildman–Crippen LogP) is 3.17. The fourth-order valence-corrected chi connectivity index (χ4v) is 2.59. The quantitative estimate of drug-likeness (QED) is 0.946. The summed E-state index contributed by atoms with van der Waals surface area (Å²) in [6.07, 6.45) is 0. The van der Waals surface area contributed by atoms with Crippen molar-refractivity contribution in [2.45, 2.75) is 6.04 Å². The van der Waals surface area contributed by atoms with Gasteiger partial charge in [0.25, 0.3) is 0 Å². The van der Waals surface area contributed by atoms with E-state index in [0.29, 0.717) is 29.7 Å². The van der Waals surface area contributed by atoms with Gasteiger partial charge >= 0.3 is 0 Å². The fraction of sp³-hybridized carbons (Fsp3) is 0.250. The van der Waals surface area contributed by atoms with Gasteiger partial charge < -0.3 is 19.9 Å². The van der Waals surface area contributed by atoms with Crippen molar-refractivity contribution in [3.8, 4) is 17.2 Å². The number of ether oxygens (including phenoxy) is 3. The summed E-state index contributed by atoms with van der Waals surface area (Å²) in [6.45, 7) is 1.08. The van der Waals surface area contributed by atoms with Crippen molar-refractivity contribution in [3.05, 3.63) is 52.5 Å². The van der Waals surface area contributed by atoms with Crippen LogP contribution < -0.4 is 19.9 Å². The Morgan fingerprint density at radius 2 is 2.00 bits per heavy atom. The third-order valence-electron chi connectivity index (χ3n) is 3.47. The van der Waals surface area contributed by atoms with Gasteiger partial charge in [-0.2, -0.15) is 0 Å². The molecule has 1 aliphatic heterocycles. The molecule has 110 valence electrons. The minimum absolute atomic E-state index is 0.340. The lowest BCUT2D eigenvalue weighted by atomic mass is 9.98. The lowest BCUT2D eigenvalue weighted by molar-refractivity contribution is 0.169. The summed E-state index contributed by atoms with van der Waals surface area (Å²) in [5, 5.41) is 0.558. The second-order valence-electron chi connectivity index (χ2n) is 4.74. The van der Waals surface area contributed by atoms with Crippen molar-refractivity contribution in [1.29, 1.82) is 0 Å². The van der Waals surface area contributed by atoms with Crippen molar-refractivity contribution in [3.63, 3.8) is 0 Å². The van der Waals surface area contributed by atoms with Crippen LogP contribution >= 0.6 is 11.6 Å². The Labute approximate surface area is 128 Å². The van der Waals surface area contributed by atoms with Crippen molar-refractivity contribution < 1.29 is 14.2 Å². The van der Waals surface area contributed by atoms with Gasteiger partial charge in [-0.25, -0.2) is 0 Å². The van der Waals surface area contributed by atoms with Crippen molar-refractivity contribution in [2.75, 3.05) is 20.3 Å². The van der Waals surface area contributed by atoms with Crippen LogP contribution in [0.5, 0.6) is 17.2 Å². The van der Waals surface area contributed by atoms with E-state index in [-0.39, 0.29) is 6.04 Å². The molecule has 2 N–H and O–H groups in total. The van der Waals surface area contributed by atoms with E-state index in [2.05, 4.69) is 0 Å². The molecule has 2 aromatic rings. The molecule has 2 aromatic carbocycles. The first-order valence-electron chi connectivity index (χ1n) is 6.68. The second kappa shape index (κ2) is 5.84. The van der Waals surface area contributed by atoms with E-state index in [1.165, 1.54) is 0 Å². The second-order valence-corrected chi connectivity index (χ2v) is 5.15. The van der Waals surface area contributed by atoms with E-state index in [9.17, 15) is 0 Å². The van der Waals surface area contributed by atoms with Gasteiger partial charge in [0.05, 0.1) is 18.2 Å². The highest BCUT2D eigenvalue weighted by Crippen LogP contribution is 2.39. The maximum absolute atomic E-state index is 6.38. The predicted molar refractivity (Wildman–Crippen MR) is 81.5 cm³/mol. The third-order valence-corrected chi connectivity index (χ3v) is 3.78. The summed E-state index contributed by atoms with van der Waals surface area (Å²) in [4.78, 5) is 0. The average molecular weight is 306 g/mol. The summed E-state index contributed by atoms with van der Waals surface area (Å²) < 4.78 is 16.5. The van der Waals surface area contributed by atoms with Crippen LogP contribution in [-0.4, -0.2) is 20.3 Å². The summed E-state index contributed by atoms with van der Waals surface area (Å²) in [5.74, 6) is 2.05. The molecule has 1 aliphatic rings. The third kappa shape index (κ3) is 2.64. The van der Waals surface area contributed by atoms with Crippen LogP contribution in [0.1, 0.15) is 17.2 Å². The van der Waals surface area contributed by atoms with E-state index in [4.69, 9.17) is 31.5 Å². The van der Waals surface area contributed by atoms with Gasteiger partial charge in [0.1, 0.15) is 19.0 Å². The molecule has 1 unspecified atom stereocenters. The summed E-state index contributed by atoms with van der Waals surface area (Å²) in [7, 11) is 1.58. The van der Waals surface area contributed by atoms with Gasteiger partial charge in [0.15, 0.2) is 11.5 Å². The van der Waals surface area contributed by atoms with Gasteiger partial charge in [0.2, 0.25) is 0 Å². The summed E-state index contributed by atoms with van der Waals surface area (Å²) in [5.41, 5.74) is 8.17. The molecule has 1 atom stereocenters. The first kappa shape index (κ1) is 14.0. The molecule has 0 amide bonds. The van der Waals surface area contributed by atoms with Crippen LogP contribution in [0, 0.1) is 0 Å². The molecule has 0 aromatic heterocycles. The van der Waals surface area contributed by atoms with Gasteiger partial charge in [-0.1, -0.05) is 29.8 Å². The Kier molecular flexibility index (Phi) is 3.90. The number of benzene rings is 2. The molecule has 0 saturated carbocycles. The number of halogens is 1. The molecule has 1 heterocycles. The van der Waals surface area contributed by atoms with E-state index < -0.39 is 0 Å². The zero-order valence-corrected chi connectivity index (χ0v) is 12.4. The Hall–Kier alpha value is -1.91. The SMILES string of the molecule is COc1cc(C(N)c2cccc3c2OCCO3)ccc1Cl. The van der Waals surface area contributed by atoms with Crippen LogP contribution in [-0.2, 0) is 0 Å². The molecule has 0 bridgehead atoms. The van der Waals surface area contributed by atoms with Crippen LogP contribution in [0.4, 0.5) is 0 Å².